The molecule has 27 heavy (non-hydrogen) atoms. The lowest BCUT2D eigenvalue weighted by Gasteiger charge is -2.28. The summed E-state index contributed by atoms with van der Waals surface area (Å²) in [5.74, 6) is 0.985. The molecule has 3 N–H and O–H groups in total. The Balaban J connectivity index is 0.00000364. The highest BCUT2D eigenvalue weighted by molar-refractivity contribution is 5.96. The van der Waals surface area contributed by atoms with Crippen molar-refractivity contribution in [2.24, 2.45) is 17.3 Å². The Labute approximate surface area is 169 Å². The predicted octanol–water partition coefficient (Wildman–Crippen LogP) is 4.37. The number of hydrogen-bond donors (Lipinski definition) is 3. The van der Waals surface area contributed by atoms with Gasteiger partial charge in [-0.15, -0.1) is 12.4 Å². The smallest absolute Gasteiger partial charge is 0.229 e. The molecule has 2 rings (SSSR count). The molecule has 1 aromatic rings. The van der Waals surface area contributed by atoms with Gasteiger partial charge < -0.3 is 16.0 Å². The van der Waals surface area contributed by atoms with E-state index in [0.717, 1.165) is 37.2 Å². The first kappa shape index (κ1) is 23.4. The average molecular weight is 396 g/mol. The van der Waals surface area contributed by atoms with Crippen LogP contribution in [0.25, 0.3) is 0 Å². The van der Waals surface area contributed by atoms with Crippen molar-refractivity contribution in [2.45, 2.75) is 53.9 Å². The van der Waals surface area contributed by atoms with E-state index in [2.05, 4.69) is 22.9 Å². The van der Waals surface area contributed by atoms with E-state index in [0.29, 0.717) is 23.9 Å². The van der Waals surface area contributed by atoms with Crippen molar-refractivity contribution >= 4 is 35.6 Å². The van der Waals surface area contributed by atoms with E-state index in [1.807, 2.05) is 45.9 Å². The van der Waals surface area contributed by atoms with Gasteiger partial charge in [-0.25, -0.2) is 0 Å². The Kier molecular flexibility index (Phi) is 8.76. The molecular formula is C21H34ClN3O2. The molecule has 152 valence electrons. The number of hydrogen-bond acceptors (Lipinski definition) is 3. The van der Waals surface area contributed by atoms with Gasteiger partial charge in [0.05, 0.1) is 0 Å². The second kappa shape index (κ2) is 10.1. The van der Waals surface area contributed by atoms with Crippen LogP contribution in [0.15, 0.2) is 18.2 Å². The van der Waals surface area contributed by atoms with Gasteiger partial charge in [-0.05, 0) is 62.4 Å². The first-order valence-electron chi connectivity index (χ1n) is 9.59. The van der Waals surface area contributed by atoms with E-state index >= 15 is 0 Å². The second-order valence-electron chi connectivity index (χ2n) is 8.55. The van der Waals surface area contributed by atoms with E-state index in [-0.39, 0.29) is 24.2 Å². The van der Waals surface area contributed by atoms with E-state index in [1.165, 1.54) is 0 Å². The first-order valence-corrected chi connectivity index (χ1v) is 9.59. The third-order valence-electron chi connectivity index (χ3n) is 5.15. The summed E-state index contributed by atoms with van der Waals surface area (Å²) in [6, 6.07) is 5.63. The molecule has 1 atom stereocenters. The number of piperidine rings is 1. The van der Waals surface area contributed by atoms with Crippen LogP contribution in [0.3, 0.4) is 0 Å². The summed E-state index contributed by atoms with van der Waals surface area (Å²) >= 11 is 0. The maximum atomic E-state index is 12.5. The number of amides is 2. The van der Waals surface area contributed by atoms with Gasteiger partial charge >= 0.3 is 0 Å². The largest absolute Gasteiger partial charge is 0.326 e. The minimum absolute atomic E-state index is 0. The summed E-state index contributed by atoms with van der Waals surface area (Å²) < 4.78 is 0. The molecule has 0 saturated carbocycles. The molecule has 1 aliphatic rings. The van der Waals surface area contributed by atoms with Crippen LogP contribution >= 0.6 is 12.4 Å². The fraction of sp³-hybridized carbons (Fsp3) is 0.619. The van der Waals surface area contributed by atoms with Crippen molar-refractivity contribution in [3.63, 3.8) is 0 Å². The fourth-order valence-electron chi connectivity index (χ4n) is 3.23. The molecule has 2 amide bonds. The fourth-order valence-corrected chi connectivity index (χ4v) is 3.23. The Hall–Kier alpha value is -1.59. The molecule has 1 fully saturated rings. The highest BCUT2D eigenvalue weighted by Gasteiger charge is 2.23. The molecule has 0 aromatic heterocycles. The molecule has 6 heteroatoms. The van der Waals surface area contributed by atoms with Gasteiger partial charge in [0.2, 0.25) is 11.8 Å². The predicted molar refractivity (Wildman–Crippen MR) is 115 cm³/mol. The van der Waals surface area contributed by atoms with Crippen molar-refractivity contribution in [3.05, 3.63) is 23.8 Å². The summed E-state index contributed by atoms with van der Waals surface area (Å²) in [4.78, 5) is 24.7. The Morgan fingerprint density at radius 1 is 1.19 bits per heavy atom. The molecule has 0 aliphatic carbocycles. The van der Waals surface area contributed by atoms with Crippen molar-refractivity contribution in [2.75, 3.05) is 23.7 Å². The minimum atomic E-state index is -0.460. The van der Waals surface area contributed by atoms with Gasteiger partial charge in [-0.3, -0.25) is 9.59 Å². The maximum absolute atomic E-state index is 12.5. The van der Waals surface area contributed by atoms with E-state index in [1.54, 1.807) is 0 Å². The van der Waals surface area contributed by atoms with Crippen LogP contribution in [-0.2, 0) is 9.59 Å². The van der Waals surface area contributed by atoms with Gasteiger partial charge in [0.25, 0.3) is 0 Å². The van der Waals surface area contributed by atoms with Crippen molar-refractivity contribution < 1.29 is 9.59 Å². The lowest BCUT2D eigenvalue weighted by atomic mass is 9.84. The monoisotopic (exact) mass is 395 g/mol. The van der Waals surface area contributed by atoms with E-state index in [9.17, 15) is 9.59 Å². The van der Waals surface area contributed by atoms with Crippen LogP contribution < -0.4 is 16.0 Å². The minimum Gasteiger partial charge on any atom is -0.326 e. The summed E-state index contributed by atoms with van der Waals surface area (Å²) in [6.45, 7) is 11.9. The number of anilines is 2. The molecule has 1 aliphatic heterocycles. The molecule has 1 unspecified atom stereocenters. The zero-order valence-corrected chi connectivity index (χ0v) is 18.0. The second-order valence-corrected chi connectivity index (χ2v) is 8.55. The van der Waals surface area contributed by atoms with Gasteiger partial charge in [0, 0.05) is 23.2 Å². The van der Waals surface area contributed by atoms with Crippen molar-refractivity contribution in [1.29, 1.82) is 0 Å². The van der Waals surface area contributed by atoms with Crippen molar-refractivity contribution in [3.8, 4) is 0 Å². The van der Waals surface area contributed by atoms with Gasteiger partial charge in [-0.2, -0.15) is 0 Å². The molecule has 5 nitrogen and oxygen atoms in total. The number of rotatable bonds is 5. The molecule has 0 bridgehead atoms. The summed E-state index contributed by atoms with van der Waals surface area (Å²) in [7, 11) is 0. The highest BCUT2D eigenvalue weighted by Crippen LogP contribution is 2.26. The molecular weight excluding hydrogens is 362 g/mol. The zero-order chi connectivity index (χ0) is 19.3. The van der Waals surface area contributed by atoms with Crippen LogP contribution in [0, 0.1) is 24.2 Å². The van der Waals surface area contributed by atoms with E-state index < -0.39 is 5.41 Å². The molecule has 0 radical (unpaired) electrons. The third kappa shape index (κ3) is 7.15. The Bertz CT molecular complexity index is 649. The van der Waals surface area contributed by atoms with Gasteiger partial charge in [0.1, 0.15) is 0 Å². The van der Waals surface area contributed by atoms with Gasteiger partial charge in [0.15, 0.2) is 0 Å². The molecule has 1 saturated heterocycles. The van der Waals surface area contributed by atoms with Crippen LogP contribution in [0.4, 0.5) is 11.4 Å². The van der Waals surface area contributed by atoms with Crippen LogP contribution in [-0.4, -0.2) is 24.9 Å². The Morgan fingerprint density at radius 3 is 2.41 bits per heavy atom. The normalized spacial score (nSPS) is 16.2. The van der Waals surface area contributed by atoms with Crippen LogP contribution in [0.5, 0.6) is 0 Å². The topological polar surface area (TPSA) is 70.2 Å². The number of benzene rings is 1. The quantitative estimate of drug-likeness (QED) is 0.693. The summed E-state index contributed by atoms with van der Waals surface area (Å²) in [6.07, 6.45) is 2.81. The lowest BCUT2D eigenvalue weighted by molar-refractivity contribution is -0.123. The molecule has 1 aromatic carbocycles. The Morgan fingerprint density at radius 2 is 1.81 bits per heavy atom. The number of carbonyl (C=O) groups is 2. The van der Waals surface area contributed by atoms with Gasteiger partial charge in [-0.1, -0.05) is 33.8 Å². The third-order valence-corrected chi connectivity index (χ3v) is 5.15. The number of halogens is 1. The molecule has 0 spiro atoms. The summed E-state index contributed by atoms with van der Waals surface area (Å²) in [5, 5.41) is 9.31. The number of carbonyl (C=O) groups excluding carboxylic acids is 2. The summed E-state index contributed by atoms with van der Waals surface area (Å²) in [5.41, 5.74) is 2.00. The SMILES string of the molecule is Cc1ccc(NC(=O)C(C)(C)C)cc1NC(=O)CC(C)C1CCNCC1.Cl. The van der Waals surface area contributed by atoms with Crippen molar-refractivity contribution in [1.82, 2.24) is 5.32 Å². The molecule has 1 heterocycles. The zero-order valence-electron chi connectivity index (χ0n) is 17.1. The maximum Gasteiger partial charge on any atom is 0.229 e. The van der Waals surface area contributed by atoms with Crippen LogP contribution in [0.1, 0.15) is 52.5 Å². The number of aryl methyl sites for hydroxylation is 1. The van der Waals surface area contributed by atoms with Crippen LogP contribution in [0.2, 0.25) is 0 Å². The number of nitrogens with one attached hydrogen (secondary N) is 3. The van der Waals surface area contributed by atoms with E-state index in [4.69, 9.17) is 0 Å². The first-order chi connectivity index (χ1) is 12.2. The highest BCUT2D eigenvalue weighted by atomic mass is 35.5. The standard InChI is InChI=1S/C21H33N3O2.ClH/c1-14-6-7-17(23-20(26)21(3,4)5)13-18(14)24-19(25)12-15(2)16-8-10-22-11-9-16;/h6-7,13,15-16,22H,8-12H2,1-5H3,(H,23,26)(H,24,25);1H. The lowest BCUT2D eigenvalue weighted by Crippen LogP contribution is -2.32. The average Bonchev–Trinajstić information content (AvgIpc) is 2.57.